The van der Waals surface area contributed by atoms with E-state index in [9.17, 15) is 14.7 Å². The molecule has 6 nitrogen and oxygen atoms in total. The molecule has 2 aromatic rings. The van der Waals surface area contributed by atoms with Crippen LogP contribution in [0.3, 0.4) is 0 Å². The van der Waals surface area contributed by atoms with Crippen LogP contribution < -0.4 is 4.74 Å². The fourth-order valence-electron chi connectivity index (χ4n) is 4.68. The maximum Gasteiger partial charge on any atom is 0.295 e. The number of amides is 1. The molecule has 2 atom stereocenters. The molecule has 1 aromatic heterocycles. The van der Waals surface area contributed by atoms with Crippen molar-refractivity contribution in [3.05, 3.63) is 56.8 Å². The van der Waals surface area contributed by atoms with Gasteiger partial charge in [-0.15, -0.1) is 11.3 Å². The lowest BCUT2D eigenvalue weighted by molar-refractivity contribution is -0.140. The Labute approximate surface area is 185 Å². The fourth-order valence-corrected chi connectivity index (χ4v) is 5.72. The molecule has 31 heavy (non-hydrogen) atoms. The molecule has 162 valence electrons. The highest BCUT2D eigenvalue weighted by Crippen LogP contribution is 2.43. The van der Waals surface area contributed by atoms with Crippen LogP contribution in [0.4, 0.5) is 0 Å². The van der Waals surface area contributed by atoms with Gasteiger partial charge in [-0.1, -0.05) is 0 Å². The van der Waals surface area contributed by atoms with Gasteiger partial charge in [0.1, 0.15) is 11.5 Å². The van der Waals surface area contributed by atoms with Gasteiger partial charge in [0, 0.05) is 23.6 Å². The van der Waals surface area contributed by atoms with Gasteiger partial charge < -0.3 is 19.5 Å². The lowest BCUT2D eigenvalue weighted by Gasteiger charge is -2.27. The summed E-state index contributed by atoms with van der Waals surface area (Å²) in [5.74, 6) is -0.523. The first kappa shape index (κ1) is 20.3. The third-order valence-electron chi connectivity index (χ3n) is 6.30. The number of carbonyl (C=O) groups is 2. The van der Waals surface area contributed by atoms with Gasteiger partial charge in [-0.05, 0) is 73.4 Å². The monoisotopic (exact) mass is 439 g/mol. The van der Waals surface area contributed by atoms with Gasteiger partial charge >= 0.3 is 0 Å². The largest absolute Gasteiger partial charge is 0.507 e. The first-order valence-corrected chi connectivity index (χ1v) is 11.6. The van der Waals surface area contributed by atoms with Crippen molar-refractivity contribution in [2.75, 3.05) is 19.8 Å². The Morgan fingerprint density at radius 3 is 2.84 bits per heavy atom. The van der Waals surface area contributed by atoms with Crippen LogP contribution in [0.15, 0.2) is 35.2 Å². The Bertz CT molecular complexity index is 1070. The molecule has 0 radical (unpaired) electrons. The summed E-state index contributed by atoms with van der Waals surface area (Å²) in [6.45, 7) is 3.68. The van der Waals surface area contributed by atoms with Crippen molar-refractivity contribution in [2.45, 2.75) is 44.8 Å². The number of thiophene rings is 1. The summed E-state index contributed by atoms with van der Waals surface area (Å²) in [7, 11) is 0. The molecule has 3 aliphatic rings. The van der Waals surface area contributed by atoms with Crippen molar-refractivity contribution in [3.63, 3.8) is 0 Å². The van der Waals surface area contributed by atoms with E-state index in [1.54, 1.807) is 11.0 Å². The van der Waals surface area contributed by atoms with Crippen LogP contribution in [0.25, 0.3) is 5.76 Å². The van der Waals surface area contributed by atoms with Crippen molar-refractivity contribution < 1.29 is 24.2 Å². The Balaban J connectivity index is 1.60. The van der Waals surface area contributed by atoms with Gasteiger partial charge in [0.05, 0.1) is 24.3 Å². The molecule has 0 saturated carbocycles. The highest BCUT2D eigenvalue weighted by atomic mass is 32.1. The number of rotatable bonds is 4. The summed E-state index contributed by atoms with van der Waals surface area (Å²) >= 11 is 1.50. The van der Waals surface area contributed by atoms with Crippen molar-refractivity contribution in [1.82, 2.24) is 4.90 Å². The standard InChI is InChI=1S/C24H25NO5S/c1-14-8-11-31-23(14)20-19(22(27)24(28)25(20)13-17-5-3-9-29-17)21(26)16-6-7-18-15(12-16)4-2-10-30-18/h6-8,11-12,17,20,26H,2-5,9-10,13H2,1H3/b21-19-. The number of hydrogen-bond donors (Lipinski definition) is 1. The van der Waals surface area contributed by atoms with E-state index in [-0.39, 0.29) is 17.4 Å². The molecule has 2 unspecified atom stereocenters. The second-order valence-electron chi connectivity index (χ2n) is 8.33. The number of benzene rings is 1. The molecule has 1 aromatic carbocycles. The zero-order valence-electron chi connectivity index (χ0n) is 17.4. The SMILES string of the molecule is Cc1ccsc1C1/C(=C(/O)c2ccc3c(c2)CCCO3)C(=O)C(=O)N1CC1CCCO1. The number of Topliss-reactive ketones (excluding diaryl/α,β-unsaturated/α-hetero) is 1. The van der Waals surface area contributed by atoms with E-state index >= 15 is 0 Å². The van der Waals surface area contributed by atoms with Gasteiger partial charge in [-0.3, -0.25) is 9.59 Å². The van der Waals surface area contributed by atoms with Gasteiger partial charge in [0.15, 0.2) is 0 Å². The fraction of sp³-hybridized carbons (Fsp3) is 0.417. The topological polar surface area (TPSA) is 76.1 Å². The van der Waals surface area contributed by atoms with Crippen molar-refractivity contribution in [3.8, 4) is 5.75 Å². The summed E-state index contributed by atoms with van der Waals surface area (Å²) in [4.78, 5) is 28.7. The van der Waals surface area contributed by atoms with Crippen LogP contribution in [0, 0.1) is 6.92 Å². The molecule has 3 aliphatic heterocycles. The van der Waals surface area contributed by atoms with Crippen molar-refractivity contribution in [1.29, 1.82) is 0 Å². The molecule has 1 amide bonds. The average Bonchev–Trinajstić information content (AvgIpc) is 3.50. The summed E-state index contributed by atoms with van der Waals surface area (Å²) in [5.41, 5.74) is 2.70. The molecule has 4 heterocycles. The molecule has 1 N–H and O–H groups in total. The number of aliphatic hydroxyl groups is 1. The Morgan fingerprint density at radius 2 is 2.10 bits per heavy atom. The minimum atomic E-state index is -0.637. The smallest absolute Gasteiger partial charge is 0.295 e. The second kappa shape index (κ2) is 8.13. The third kappa shape index (κ3) is 3.55. The van der Waals surface area contributed by atoms with Crippen molar-refractivity contribution in [2.24, 2.45) is 0 Å². The quantitative estimate of drug-likeness (QED) is 0.443. The highest BCUT2D eigenvalue weighted by molar-refractivity contribution is 7.10. The Morgan fingerprint density at radius 1 is 1.23 bits per heavy atom. The molecule has 0 spiro atoms. The van der Waals surface area contributed by atoms with Gasteiger partial charge in [-0.2, -0.15) is 0 Å². The summed E-state index contributed by atoms with van der Waals surface area (Å²) in [6.07, 6.45) is 3.51. The minimum absolute atomic E-state index is 0.0816. The van der Waals surface area contributed by atoms with Crippen LogP contribution >= 0.6 is 11.3 Å². The number of aliphatic hydroxyl groups excluding tert-OH is 1. The number of ether oxygens (including phenoxy) is 2. The lowest BCUT2D eigenvalue weighted by atomic mass is 9.96. The maximum atomic E-state index is 13.1. The maximum absolute atomic E-state index is 13.1. The number of nitrogens with zero attached hydrogens (tertiary/aromatic N) is 1. The Kier molecular flexibility index (Phi) is 5.32. The predicted octanol–water partition coefficient (Wildman–Crippen LogP) is 3.98. The summed E-state index contributed by atoms with van der Waals surface area (Å²) in [6, 6.07) is 6.83. The van der Waals surface area contributed by atoms with Crippen LogP contribution in [-0.2, 0) is 20.7 Å². The summed E-state index contributed by atoms with van der Waals surface area (Å²) < 4.78 is 11.4. The minimum Gasteiger partial charge on any atom is -0.507 e. The third-order valence-corrected chi connectivity index (χ3v) is 7.37. The van der Waals surface area contributed by atoms with Gasteiger partial charge in [0.2, 0.25) is 0 Å². The van der Waals surface area contributed by atoms with E-state index in [1.807, 2.05) is 30.5 Å². The molecule has 5 rings (SSSR count). The normalized spacial score (nSPS) is 25.0. The number of hydrogen-bond acceptors (Lipinski definition) is 6. The van der Waals surface area contributed by atoms with Crippen LogP contribution in [0.5, 0.6) is 5.75 Å². The first-order valence-electron chi connectivity index (χ1n) is 10.7. The van der Waals surface area contributed by atoms with E-state index in [0.717, 1.165) is 47.4 Å². The average molecular weight is 440 g/mol. The molecule has 0 bridgehead atoms. The van der Waals surface area contributed by atoms with E-state index in [1.165, 1.54) is 11.3 Å². The number of aryl methyl sites for hydroxylation is 2. The van der Waals surface area contributed by atoms with Gasteiger partial charge in [0.25, 0.3) is 11.7 Å². The van der Waals surface area contributed by atoms with E-state index < -0.39 is 17.7 Å². The Hall–Kier alpha value is -2.64. The second-order valence-corrected chi connectivity index (χ2v) is 9.28. The molecule has 2 saturated heterocycles. The highest BCUT2D eigenvalue weighted by Gasteiger charge is 2.48. The van der Waals surface area contributed by atoms with Crippen LogP contribution in [-0.4, -0.2) is 47.6 Å². The molecular formula is C24H25NO5S. The predicted molar refractivity (Wildman–Crippen MR) is 117 cm³/mol. The van der Waals surface area contributed by atoms with Crippen molar-refractivity contribution >= 4 is 28.8 Å². The molecule has 0 aliphatic carbocycles. The molecular weight excluding hydrogens is 414 g/mol. The number of ketones is 1. The number of likely N-dealkylation sites (tertiary alicyclic amines) is 1. The van der Waals surface area contributed by atoms with E-state index in [0.29, 0.717) is 25.3 Å². The summed E-state index contributed by atoms with van der Waals surface area (Å²) in [5, 5.41) is 13.2. The van der Waals surface area contributed by atoms with Crippen LogP contribution in [0.1, 0.15) is 46.9 Å². The van der Waals surface area contributed by atoms with E-state index in [2.05, 4.69) is 0 Å². The first-order chi connectivity index (χ1) is 15.0. The molecule has 7 heteroatoms. The van der Waals surface area contributed by atoms with E-state index in [4.69, 9.17) is 9.47 Å². The zero-order valence-corrected chi connectivity index (χ0v) is 18.2. The van der Waals surface area contributed by atoms with Crippen LogP contribution in [0.2, 0.25) is 0 Å². The number of carbonyl (C=O) groups excluding carboxylic acids is 2. The van der Waals surface area contributed by atoms with Gasteiger partial charge in [-0.25, -0.2) is 0 Å². The number of fused-ring (bicyclic) bond motifs is 1. The zero-order chi connectivity index (χ0) is 21.5. The molecule has 2 fully saturated rings. The lowest BCUT2D eigenvalue weighted by Crippen LogP contribution is -2.36.